The van der Waals surface area contributed by atoms with Gasteiger partial charge in [0, 0.05) is 11.8 Å². The third-order valence-electron chi connectivity index (χ3n) is 3.01. The predicted octanol–water partition coefficient (Wildman–Crippen LogP) is 0.991. The van der Waals surface area contributed by atoms with E-state index in [4.69, 9.17) is 5.73 Å². The summed E-state index contributed by atoms with van der Waals surface area (Å²) in [7, 11) is 0. The molecule has 0 bridgehead atoms. The zero-order valence-corrected chi connectivity index (χ0v) is 8.95. The highest BCUT2D eigenvalue weighted by Crippen LogP contribution is 2.18. The molecule has 1 fully saturated rings. The first-order chi connectivity index (χ1) is 7.34. The second kappa shape index (κ2) is 5.07. The Labute approximate surface area is 90.3 Å². The van der Waals surface area contributed by atoms with Gasteiger partial charge in [-0.15, -0.1) is 0 Å². The molecular weight excluding hydrogens is 188 g/mol. The summed E-state index contributed by atoms with van der Waals surface area (Å²) in [4.78, 5) is 8.11. The van der Waals surface area contributed by atoms with Crippen LogP contribution in [0.5, 0.6) is 0 Å². The average molecular weight is 206 g/mol. The van der Waals surface area contributed by atoms with Gasteiger partial charge in [0.25, 0.3) is 0 Å². The highest BCUT2D eigenvalue weighted by atomic mass is 14.9. The molecule has 1 saturated heterocycles. The Kier molecular flexibility index (Phi) is 3.50. The molecule has 4 heteroatoms. The van der Waals surface area contributed by atoms with E-state index in [1.807, 2.05) is 6.07 Å². The van der Waals surface area contributed by atoms with Crippen molar-refractivity contribution in [2.24, 2.45) is 5.92 Å². The van der Waals surface area contributed by atoms with Gasteiger partial charge in [-0.05, 0) is 44.7 Å². The molecular formula is C11H18N4. The van der Waals surface area contributed by atoms with Crippen LogP contribution in [0.1, 0.15) is 25.0 Å². The number of rotatable bonds is 3. The summed E-state index contributed by atoms with van der Waals surface area (Å²) in [6.07, 6.45) is 6.38. The summed E-state index contributed by atoms with van der Waals surface area (Å²) in [5.74, 6) is 1.42. The summed E-state index contributed by atoms with van der Waals surface area (Å²) in [5.41, 5.74) is 6.68. The van der Waals surface area contributed by atoms with Crippen molar-refractivity contribution >= 4 is 5.82 Å². The first kappa shape index (κ1) is 10.4. The number of nitrogens with two attached hydrogens (primary N) is 1. The van der Waals surface area contributed by atoms with Gasteiger partial charge in [0.2, 0.25) is 0 Å². The van der Waals surface area contributed by atoms with Gasteiger partial charge < -0.3 is 11.1 Å². The van der Waals surface area contributed by atoms with Crippen LogP contribution in [-0.2, 0) is 6.42 Å². The summed E-state index contributed by atoms with van der Waals surface area (Å²) in [6.45, 7) is 2.33. The van der Waals surface area contributed by atoms with Gasteiger partial charge in [-0.2, -0.15) is 0 Å². The first-order valence-corrected chi connectivity index (χ1v) is 5.62. The average Bonchev–Trinajstić information content (AvgIpc) is 2.28. The van der Waals surface area contributed by atoms with Crippen molar-refractivity contribution in [2.75, 3.05) is 18.8 Å². The van der Waals surface area contributed by atoms with Gasteiger partial charge in [0.1, 0.15) is 12.1 Å². The van der Waals surface area contributed by atoms with Crippen molar-refractivity contribution in [1.82, 2.24) is 15.3 Å². The zero-order valence-electron chi connectivity index (χ0n) is 8.95. The Bertz CT molecular complexity index is 307. The number of nitrogens with one attached hydrogen (secondary N) is 1. The molecule has 4 nitrogen and oxygen atoms in total. The Morgan fingerprint density at radius 1 is 1.33 bits per heavy atom. The molecule has 0 saturated carbocycles. The molecule has 0 spiro atoms. The van der Waals surface area contributed by atoms with E-state index in [-0.39, 0.29) is 0 Å². The van der Waals surface area contributed by atoms with E-state index in [1.54, 1.807) is 6.33 Å². The summed E-state index contributed by atoms with van der Waals surface area (Å²) in [6, 6.07) is 1.88. The number of aromatic nitrogens is 2. The molecule has 0 atom stereocenters. The largest absolute Gasteiger partial charge is 0.384 e. The lowest BCUT2D eigenvalue weighted by Gasteiger charge is -2.22. The highest BCUT2D eigenvalue weighted by Gasteiger charge is 2.12. The molecule has 0 radical (unpaired) electrons. The number of hydrogen-bond acceptors (Lipinski definition) is 4. The van der Waals surface area contributed by atoms with Gasteiger partial charge in [0.15, 0.2) is 0 Å². The fourth-order valence-electron chi connectivity index (χ4n) is 2.07. The minimum atomic E-state index is 0.574. The highest BCUT2D eigenvalue weighted by molar-refractivity contribution is 5.27. The lowest BCUT2D eigenvalue weighted by molar-refractivity contribution is 0.353. The van der Waals surface area contributed by atoms with E-state index in [2.05, 4.69) is 15.3 Å². The molecule has 1 aromatic heterocycles. The number of nitrogens with zero attached hydrogens (tertiary/aromatic N) is 2. The SMILES string of the molecule is Nc1cc(CCC2CCNCC2)ncn1. The van der Waals surface area contributed by atoms with E-state index in [0.29, 0.717) is 5.82 Å². The molecule has 1 aromatic rings. The number of aryl methyl sites for hydroxylation is 1. The maximum atomic E-state index is 5.61. The van der Waals surface area contributed by atoms with Gasteiger partial charge in [-0.1, -0.05) is 0 Å². The normalized spacial score (nSPS) is 17.9. The standard InChI is InChI=1S/C11H18N4/c12-11-7-10(14-8-15-11)2-1-9-3-5-13-6-4-9/h7-9,13H,1-6H2,(H2,12,14,15). The van der Waals surface area contributed by atoms with Crippen LogP contribution in [0.3, 0.4) is 0 Å². The first-order valence-electron chi connectivity index (χ1n) is 5.62. The zero-order chi connectivity index (χ0) is 10.5. The molecule has 82 valence electrons. The van der Waals surface area contributed by atoms with Gasteiger partial charge in [-0.25, -0.2) is 9.97 Å². The quantitative estimate of drug-likeness (QED) is 0.774. The summed E-state index contributed by atoms with van der Waals surface area (Å²) < 4.78 is 0. The second-order valence-corrected chi connectivity index (χ2v) is 4.17. The third-order valence-corrected chi connectivity index (χ3v) is 3.01. The van der Waals surface area contributed by atoms with Crippen LogP contribution in [0, 0.1) is 5.92 Å². The summed E-state index contributed by atoms with van der Waals surface area (Å²) in [5, 5.41) is 3.38. The van der Waals surface area contributed by atoms with Gasteiger partial charge >= 0.3 is 0 Å². The van der Waals surface area contributed by atoms with Gasteiger partial charge in [-0.3, -0.25) is 0 Å². The molecule has 2 rings (SSSR count). The lowest BCUT2D eigenvalue weighted by atomic mass is 9.92. The van der Waals surface area contributed by atoms with E-state index in [1.165, 1.54) is 19.3 Å². The van der Waals surface area contributed by atoms with Crippen molar-refractivity contribution in [3.05, 3.63) is 18.1 Å². The summed E-state index contributed by atoms with van der Waals surface area (Å²) >= 11 is 0. The predicted molar refractivity (Wildman–Crippen MR) is 60.4 cm³/mol. The third kappa shape index (κ3) is 3.16. The van der Waals surface area contributed by atoms with Crippen LogP contribution in [0.15, 0.2) is 12.4 Å². The Morgan fingerprint density at radius 3 is 2.87 bits per heavy atom. The molecule has 1 aliphatic heterocycles. The molecule has 0 unspecified atom stereocenters. The molecule has 2 heterocycles. The van der Waals surface area contributed by atoms with Crippen LogP contribution < -0.4 is 11.1 Å². The minimum Gasteiger partial charge on any atom is -0.384 e. The van der Waals surface area contributed by atoms with Crippen molar-refractivity contribution < 1.29 is 0 Å². The van der Waals surface area contributed by atoms with E-state index < -0.39 is 0 Å². The fourth-order valence-corrected chi connectivity index (χ4v) is 2.07. The Hall–Kier alpha value is -1.16. The van der Waals surface area contributed by atoms with Crippen LogP contribution in [-0.4, -0.2) is 23.1 Å². The fraction of sp³-hybridized carbons (Fsp3) is 0.636. The topological polar surface area (TPSA) is 63.8 Å². The molecule has 1 aliphatic rings. The van der Waals surface area contributed by atoms with Crippen molar-refractivity contribution in [2.45, 2.75) is 25.7 Å². The van der Waals surface area contributed by atoms with Crippen LogP contribution in [0.4, 0.5) is 5.82 Å². The lowest BCUT2D eigenvalue weighted by Crippen LogP contribution is -2.27. The molecule has 0 aromatic carbocycles. The maximum Gasteiger partial charge on any atom is 0.126 e. The number of nitrogen functional groups attached to an aromatic ring is 1. The Morgan fingerprint density at radius 2 is 2.13 bits per heavy atom. The molecule has 0 aliphatic carbocycles. The van der Waals surface area contributed by atoms with Gasteiger partial charge in [0.05, 0.1) is 0 Å². The van der Waals surface area contributed by atoms with Crippen LogP contribution in [0.2, 0.25) is 0 Å². The maximum absolute atomic E-state index is 5.61. The number of piperidine rings is 1. The van der Waals surface area contributed by atoms with E-state index in [9.17, 15) is 0 Å². The van der Waals surface area contributed by atoms with Crippen LogP contribution >= 0.6 is 0 Å². The molecule has 15 heavy (non-hydrogen) atoms. The number of hydrogen-bond donors (Lipinski definition) is 2. The molecule has 0 amide bonds. The monoisotopic (exact) mass is 206 g/mol. The molecule has 3 N–H and O–H groups in total. The van der Waals surface area contributed by atoms with E-state index in [0.717, 1.165) is 31.1 Å². The smallest absolute Gasteiger partial charge is 0.126 e. The minimum absolute atomic E-state index is 0.574. The van der Waals surface area contributed by atoms with E-state index >= 15 is 0 Å². The van der Waals surface area contributed by atoms with Crippen molar-refractivity contribution in [3.8, 4) is 0 Å². The number of anilines is 1. The van der Waals surface area contributed by atoms with Crippen LogP contribution in [0.25, 0.3) is 0 Å². The second-order valence-electron chi connectivity index (χ2n) is 4.17. The Balaban J connectivity index is 1.81. The van der Waals surface area contributed by atoms with Crippen molar-refractivity contribution in [1.29, 1.82) is 0 Å². The van der Waals surface area contributed by atoms with Crippen molar-refractivity contribution in [3.63, 3.8) is 0 Å².